The van der Waals surface area contributed by atoms with Gasteiger partial charge in [0.25, 0.3) is 0 Å². The number of hydrogen-bond donors (Lipinski definition) is 0. The fourth-order valence-corrected chi connectivity index (χ4v) is 1.21. The molecule has 0 radical (unpaired) electrons. The normalized spacial score (nSPS) is 10.4. The molecule has 2 heterocycles. The molecule has 0 aliphatic rings. The molecule has 0 aliphatic heterocycles. The highest BCUT2D eigenvalue weighted by Crippen LogP contribution is 2.05. The minimum absolute atomic E-state index is 0.109. The molecule has 0 fully saturated rings. The van der Waals surface area contributed by atoms with E-state index in [0.717, 1.165) is 0 Å². The smallest absolute Gasteiger partial charge is 0.191 e. The molecule has 0 saturated heterocycles. The quantitative estimate of drug-likeness (QED) is 0.691. The van der Waals surface area contributed by atoms with Crippen LogP contribution in [0.1, 0.15) is 16.3 Å². The number of tetrazole rings is 1. The number of nitrogens with zero attached hydrogens (tertiary/aromatic N) is 5. The van der Waals surface area contributed by atoms with Crippen molar-refractivity contribution in [2.75, 3.05) is 0 Å². The number of hydrogen-bond acceptors (Lipinski definition) is 5. The summed E-state index contributed by atoms with van der Waals surface area (Å²) in [5.74, 6) is -0.861. The molecule has 16 heavy (non-hydrogen) atoms. The van der Waals surface area contributed by atoms with Gasteiger partial charge < -0.3 is 0 Å². The Balaban J connectivity index is 2.18. The Kier molecular flexibility index (Phi) is 2.67. The van der Waals surface area contributed by atoms with Crippen molar-refractivity contribution >= 4 is 5.78 Å². The molecule has 0 amide bonds. The molecule has 0 spiro atoms. The minimum Gasteiger partial charge on any atom is -0.292 e. The number of carbonyl (C=O) groups is 1. The SMILES string of the molecule is Cn1nnc(CC(=O)c2ncccc2F)n1. The molecule has 0 aliphatic carbocycles. The van der Waals surface area contributed by atoms with E-state index in [-0.39, 0.29) is 17.9 Å². The summed E-state index contributed by atoms with van der Waals surface area (Å²) in [5.41, 5.74) is -0.199. The number of ketones is 1. The van der Waals surface area contributed by atoms with Gasteiger partial charge in [-0.2, -0.15) is 4.80 Å². The molecule has 0 saturated carbocycles. The molecular weight excluding hydrogens is 213 g/mol. The van der Waals surface area contributed by atoms with E-state index in [4.69, 9.17) is 0 Å². The van der Waals surface area contributed by atoms with Gasteiger partial charge in [-0.3, -0.25) is 9.78 Å². The monoisotopic (exact) mass is 221 g/mol. The largest absolute Gasteiger partial charge is 0.292 e. The first kappa shape index (κ1) is 10.3. The van der Waals surface area contributed by atoms with Crippen LogP contribution in [0.15, 0.2) is 18.3 Å². The maximum atomic E-state index is 13.2. The van der Waals surface area contributed by atoms with Crippen molar-refractivity contribution in [3.63, 3.8) is 0 Å². The van der Waals surface area contributed by atoms with Crippen molar-refractivity contribution in [3.8, 4) is 0 Å². The first-order valence-electron chi connectivity index (χ1n) is 4.53. The predicted molar refractivity (Wildman–Crippen MR) is 51.0 cm³/mol. The minimum atomic E-state index is -0.642. The Morgan fingerprint density at radius 2 is 2.38 bits per heavy atom. The predicted octanol–water partition coefficient (Wildman–Crippen LogP) is 0.170. The second kappa shape index (κ2) is 4.13. The van der Waals surface area contributed by atoms with Crippen molar-refractivity contribution < 1.29 is 9.18 Å². The van der Waals surface area contributed by atoms with Gasteiger partial charge in [0.05, 0.1) is 13.5 Å². The van der Waals surface area contributed by atoms with E-state index in [9.17, 15) is 9.18 Å². The molecule has 2 aromatic heterocycles. The molecule has 82 valence electrons. The third kappa shape index (κ3) is 2.08. The van der Waals surface area contributed by atoms with E-state index in [1.807, 2.05) is 0 Å². The number of pyridine rings is 1. The van der Waals surface area contributed by atoms with Crippen LogP contribution < -0.4 is 0 Å². The van der Waals surface area contributed by atoms with Crippen LogP contribution in [0.5, 0.6) is 0 Å². The summed E-state index contributed by atoms with van der Waals surface area (Å²) in [4.78, 5) is 16.5. The number of rotatable bonds is 3. The summed E-state index contributed by atoms with van der Waals surface area (Å²) < 4.78 is 13.2. The fourth-order valence-electron chi connectivity index (χ4n) is 1.21. The van der Waals surface area contributed by atoms with Crippen LogP contribution in [0.4, 0.5) is 4.39 Å². The van der Waals surface area contributed by atoms with Crippen LogP contribution >= 0.6 is 0 Å². The van der Waals surface area contributed by atoms with E-state index in [0.29, 0.717) is 0 Å². The number of Topliss-reactive ketones (excluding diaryl/α,β-unsaturated/α-hetero) is 1. The van der Waals surface area contributed by atoms with Gasteiger partial charge in [-0.15, -0.1) is 10.2 Å². The average molecular weight is 221 g/mol. The summed E-state index contributed by atoms with van der Waals surface area (Å²) >= 11 is 0. The Hall–Kier alpha value is -2.18. The summed E-state index contributed by atoms with van der Waals surface area (Å²) in [6, 6.07) is 2.61. The molecule has 7 heteroatoms. The van der Waals surface area contributed by atoms with Gasteiger partial charge in [-0.1, -0.05) is 0 Å². The number of halogens is 1. The molecule has 2 rings (SSSR count). The average Bonchev–Trinajstić information content (AvgIpc) is 2.64. The number of aromatic nitrogens is 5. The lowest BCUT2D eigenvalue weighted by Gasteiger charge is -1.97. The molecule has 0 bridgehead atoms. The molecule has 0 unspecified atom stereocenters. The van der Waals surface area contributed by atoms with Crippen LogP contribution in [0.2, 0.25) is 0 Å². The lowest BCUT2D eigenvalue weighted by atomic mass is 10.2. The van der Waals surface area contributed by atoms with E-state index in [1.165, 1.54) is 23.1 Å². The molecule has 0 aromatic carbocycles. The topological polar surface area (TPSA) is 73.6 Å². The first-order valence-corrected chi connectivity index (χ1v) is 4.53. The van der Waals surface area contributed by atoms with E-state index < -0.39 is 11.6 Å². The zero-order valence-electron chi connectivity index (χ0n) is 8.46. The summed E-state index contributed by atoms with van der Waals surface area (Å²) in [5, 5.41) is 11.0. The van der Waals surface area contributed by atoms with Gasteiger partial charge in [0.2, 0.25) is 0 Å². The summed E-state index contributed by atoms with van der Waals surface area (Å²) in [7, 11) is 1.59. The van der Waals surface area contributed by atoms with E-state index >= 15 is 0 Å². The van der Waals surface area contributed by atoms with E-state index in [1.54, 1.807) is 7.05 Å². The fraction of sp³-hybridized carbons (Fsp3) is 0.222. The van der Waals surface area contributed by atoms with Crippen molar-refractivity contribution in [2.45, 2.75) is 6.42 Å². The van der Waals surface area contributed by atoms with Gasteiger partial charge in [0.1, 0.15) is 5.69 Å². The Morgan fingerprint density at radius 3 is 3.00 bits per heavy atom. The second-order valence-electron chi connectivity index (χ2n) is 3.13. The Labute approximate surface area is 90.1 Å². The van der Waals surface area contributed by atoms with Crippen LogP contribution in [-0.4, -0.2) is 31.0 Å². The highest BCUT2D eigenvalue weighted by molar-refractivity contribution is 5.95. The molecular formula is C9H8FN5O. The number of carbonyl (C=O) groups excluding carboxylic acids is 1. The van der Waals surface area contributed by atoms with Crippen molar-refractivity contribution in [1.29, 1.82) is 0 Å². The lowest BCUT2D eigenvalue weighted by molar-refractivity contribution is 0.0981. The van der Waals surface area contributed by atoms with E-state index in [2.05, 4.69) is 20.4 Å². The maximum Gasteiger partial charge on any atom is 0.191 e. The molecule has 6 nitrogen and oxygen atoms in total. The van der Waals surface area contributed by atoms with Crippen molar-refractivity contribution in [1.82, 2.24) is 25.2 Å². The van der Waals surface area contributed by atoms with Crippen molar-refractivity contribution in [3.05, 3.63) is 35.7 Å². The van der Waals surface area contributed by atoms with Gasteiger partial charge in [-0.25, -0.2) is 4.39 Å². The molecule has 0 atom stereocenters. The molecule has 0 N–H and O–H groups in total. The lowest BCUT2D eigenvalue weighted by Crippen LogP contribution is -2.09. The summed E-state index contributed by atoms with van der Waals surface area (Å²) in [6.45, 7) is 0. The Bertz CT molecular complexity index is 524. The third-order valence-electron chi connectivity index (χ3n) is 1.89. The van der Waals surface area contributed by atoms with Gasteiger partial charge in [0, 0.05) is 6.20 Å². The van der Waals surface area contributed by atoms with Gasteiger partial charge in [-0.05, 0) is 17.3 Å². The maximum absolute atomic E-state index is 13.2. The van der Waals surface area contributed by atoms with Crippen LogP contribution in [0.25, 0.3) is 0 Å². The van der Waals surface area contributed by atoms with Crippen LogP contribution in [0.3, 0.4) is 0 Å². The zero-order chi connectivity index (χ0) is 11.5. The van der Waals surface area contributed by atoms with Crippen LogP contribution in [0, 0.1) is 5.82 Å². The Morgan fingerprint density at radius 1 is 1.56 bits per heavy atom. The van der Waals surface area contributed by atoms with Crippen LogP contribution in [-0.2, 0) is 13.5 Å². The van der Waals surface area contributed by atoms with Gasteiger partial charge >= 0.3 is 0 Å². The second-order valence-corrected chi connectivity index (χ2v) is 3.13. The molecule has 2 aromatic rings. The highest BCUT2D eigenvalue weighted by atomic mass is 19.1. The number of aryl methyl sites for hydroxylation is 1. The first-order chi connectivity index (χ1) is 7.66. The standard InChI is InChI=1S/C9H8FN5O/c1-15-13-8(12-14-15)5-7(16)9-6(10)3-2-4-11-9/h2-4H,5H2,1H3. The third-order valence-corrected chi connectivity index (χ3v) is 1.89. The zero-order valence-corrected chi connectivity index (χ0v) is 8.46. The highest BCUT2D eigenvalue weighted by Gasteiger charge is 2.15. The van der Waals surface area contributed by atoms with Crippen molar-refractivity contribution in [2.24, 2.45) is 7.05 Å². The van der Waals surface area contributed by atoms with Gasteiger partial charge in [0.15, 0.2) is 17.4 Å². The summed E-state index contributed by atoms with van der Waals surface area (Å²) in [6.07, 6.45) is 1.25.